The number of rotatable bonds is 12. The van der Waals surface area contributed by atoms with Gasteiger partial charge in [-0.2, -0.15) is 0 Å². The highest BCUT2D eigenvalue weighted by Gasteiger charge is 2.25. The van der Waals surface area contributed by atoms with Crippen molar-refractivity contribution in [3.05, 3.63) is 41.7 Å². The van der Waals surface area contributed by atoms with E-state index in [2.05, 4.69) is 43.4 Å². The molecule has 182 valence electrons. The third kappa shape index (κ3) is 9.80. The quantitative estimate of drug-likeness (QED) is 0.404. The number of hydrogen-bond donors (Lipinski definition) is 1. The van der Waals surface area contributed by atoms with E-state index in [1.54, 1.807) is 0 Å². The van der Waals surface area contributed by atoms with Crippen LogP contribution in [-0.4, -0.2) is 29.2 Å². The van der Waals surface area contributed by atoms with Crippen LogP contribution in [0.2, 0.25) is 0 Å². The van der Waals surface area contributed by atoms with E-state index in [0.717, 1.165) is 42.7 Å². The molecule has 1 aromatic carbocycles. The Morgan fingerprint density at radius 1 is 1.15 bits per heavy atom. The van der Waals surface area contributed by atoms with Crippen molar-refractivity contribution in [2.45, 2.75) is 85.7 Å². The standard InChI is InChI=1S/C27H40N2O4/c1-7-8-9-22(17-25(30)32-27(4,5)6)26(31)28-15-14-20(3)16-23-18-24(29-33-23)21-12-10-19(2)11-13-21/h10-13,18,20,22H,7-9,14-17H2,1-6H3,(H,28,31)/t20-,22-/m1/s1. The SMILES string of the molecule is CCCC[C@H](CC(=O)OC(C)(C)C)C(=O)NCC[C@@H](C)Cc1cc(-c2ccc(C)cc2)no1. The lowest BCUT2D eigenvalue weighted by atomic mass is 9.96. The molecule has 0 unspecified atom stereocenters. The zero-order chi connectivity index (χ0) is 24.4. The molecule has 0 aliphatic heterocycles. The van der Waals surface area contributed by atoms with E-state index in [4.69, 9.17) is 9.26 Å². The van der Waals surface area contributed by atoms with Crippen molar-refractivity contribution in [1.82, 2.24) is 10.5 Å². The van der Waals surface area contributed by atoms with Gasteiger partial charge in [-0.3, -0.25) is 9.59 Å². The Labute approximate surface area is 198 Å². The summed E-state index contributed by atoms with van der Waals surface area (Å²) in [6.07, 6.45) is 4.28. The van der Waals surface area contributed by atoms with Crippen molar-refractivity contribution < 1.29 is 18.8 Å². The molecule has 6 heteroatoms. The summed E-state index contributed by atoms with van der Waals surface area (Å²) in [4.78, 5) is 25.0. The number of ether oxygens (including phenoxy) is 1. The molecule has 0 fully saturated rings. The molecule has 0 aliphatic carbocycles. The van der Waals surface area contributed by atoms with Crippen molar-refractivity contribution in [2.24, 2.45) is 11.8 Å². The van der Waals surface area contributed by atoms with Crippen molar-refractivity contribution in [3.63, 3.8) is 0 Å². The van der Waals surface area contributed by atoms with E-state index < -0.39 is 5.60 Å². The maximum atomic E-state index is 12.7. The van der Waals surface area contributed by atoms with E-state index in [1.807, 2.05) is 39.0 Å². The maximum Gasteiger partial charge on any atom is 0.307 e. The van der Waals surface area contributed by atoms with Gasteiger partial charge in [0.1, 0.15) is 17.1 Å². The Hall–Kier alpha value is -2.63. The minimum atomic E-state index is -0.543. The molecule has 0 radical (unpaired) electrons. The lowest BCUT2D eigenvalue weighted by Crippen LogP contribution is -2.35. The zero-order valence-electron chi connectivity index (χ0n) is 21.1. The van der Waals surface area contributed by atoms with Gasteiger partial charge in [0.05, 0.1) is 6.42 Å². The Morgan fingerprint density at radius 3 is 2.48 bits per heavy atom. The lowest BCUT2D eigenvalue weighted by Gasteiger charge is -2.22. The zero-order valence-corrected chi connectivity index (χ0v) is 21.1. The minimum Gasteiger partial charge on any atom is -0.460 e. The van der Waals surface area contributed by atoms with Gasteiger partial charge in [-0.05, 0) is 46.5 Å². The second-order valence-corrected chi connectivity index (χ2v) is 10.1. The summed E-state index contributed by atoms with van der Waals surface area (Å²) in [5.41, 5.74) is 2.55. The molecule has 1 aromatic heterocycles. The monoisotopic (exact) mass is 456 g/mol. The fourth-order valence-corrected chi connectivity index (χ4v) is 3.66. The largest absolute Gasteiger partial charge is 0.460 e. The Balaban J connectivity index is 1.81. The summed E-state index contributed by atoms with van der Waals surface area (Å²) in [5.74, 6) is 0.435. The summed E-state index contributed by atoms with van der Waals surface area (Å²) < 4.78 is 10.9. The van der Waals surface area contributed by atoms with E-state index in [1.165, 1.54) is 5.56 Å². The summed E-state index contributed by atoms with van der Waals surface area (Å²) in [7, 11) is 0. The molecule has 1 amide bonds. The highest BCUT2D eigenvalue weighted by atomic mass is 16.6. The van der Waals surface area contributed by atoms with Crippen LogP contribution in [-0.2, 0) is 20.7 Å². The number of aryl methyl sites for hydroxylation is 1. The van der Waals surface area contributed by atoms with Crippen molar-refractivity contribution in [1.29, 1.82) is 0 Å². The van der Waals surface area contributed by atoms with Gasteiger partial charge in [-0.25, -0.2) is 0 Å². The number of nitrogens with zero attached hydrogens (tertiary/aromatic N) is 1. The van der Waals surface area contributed by atoms with Crippen LogP contribution in [0.15, 0.2) is 34.9 Å². The summed E-state index contributed by atoms with van der Waals surface area (Å²) in [5, 5.41) is 7.21. The van der Waals surface area contributed by atoms with E-state index in [0.29, 0.717) is 18.9 Å². The number of esters is 1. The smallest absolute Gasteiger partial charge is 0.307 e. The highest BCUT2D eigenvalue weighted by molar-refractivity contribution is 5.83. The number of benzene rings is 1. The van der Waals surface area contributed by atoms with Crippen LogP contribution in [0.25, 0.3) is 11.3 Å². The number of amides is 1. The number of carbonyl (C=O) groups excluding carboxylic acids is 2. The van der Waals surface area contributed by atoms with Gasteiger partial charge in [-0.15, -0.1) is 0 Å². The van der Waals surface area contributed by atoms with Crippen LogP contribution in [0.3, 0.4) is 0 Å². The maximum absolute atomic E-state index is 12.7. The number of carbonyl (C=O) groups is 2. The Kier molecular flexibility index (Phi) is 10.1. The van der Waals surface area contributed by atoms with Gasteiger partial charge >= 0.3 is 5.97 Å². The number of unbranched alkanes of at least 4 members (excludes halogenated alkanes) is 1. The molecule has 6 nitrogen and oxygen atoms in total. The first-order chi connectivity index (χ1) is 15.6. The second-order valence-electron chi connectivity index (χ2n) is 10.1. The van der Waals surface area contributed by atoms with Crippen LogP contribution >= 0.6 is 0 Å². The summed E-state index contributed by atoms with van der Waals surface area (Å²) in [6.45, 7) is 12.4. The van der Waals surface area contributed by atoms with Crippen molar-refractivity contribution in [3.8, 4) is 11.3 Å². The summed E-state index contributed by atoms with van der Waals surface area (Å²) >= 11 is 0. The summed E-state index contributed by atoms with van der Waals surface area (Å²) in [6, 6.07) is 10.2. The Bertz CT molecular complexity index is 880. The molecule has 2 atom stereocenters. The van der Waals surface area contributed by atoms with Crippen molar-refractivity contribution >= 4 is 11.9 Å². The first-order valence-electron chi connectivity index (χ1n) is 12.1. The average molecular weight is 457 g/mol. The van der Waals surface area contributed by atoms with Crippen molar-refractivity contribution in [2.75, 3.05) is 6.54 Å². The van der Waals surface area contributed by atoms with Gasteiger partial charge in [0.2, 0.25) is 5.91 Å². The van der Waals surface area contributed by atoms with Crippen LogP contribution in [0.4, 0.5) is 0 Å². The first-order valence-corrected chi connectivity index (χ1v) is 12.1. The van der Waals surface area contributed by atoms with Gasteiger partial charge in [0.15, 0.2) is 0 Å². The molecule has 0 aliphatic rings. The normalized spacial score (nSPS) is 13.4. The third-order valence-electron chi connectivity index (χ3n) is 5.50. The van der Waals surface area contributed by atoms with Crippen LogP contribution in [0.1, 0.15) is 78.0 Å². The second kappa shape index (κ2) is 12.6. The van der Waals surface area contributed by atoms with Crippen LogP contribution < -0.4 is 5.32 Å². The van der Waals surface area contributed by atoms with Crippen LogP contribution in [0.5, 0.6) is 0 Å². The number of aromatic nitrogens is 1. The minimum absolute atomic E-state index is 0.0668. The molecule has 0 spiro atoms. The predicted octanol–water partition coefficient (Wildman–Crippen LogP) is 5.87. The fraction of sp³-hybridized carbons (Fsp3) is 0.593. The first kappa shape index (κ1) is 26.6. The Morgan fingerprint density at radius 2 is 1.85 bits per heavy atom. The van der Waals surface area contributed by atoms with Gasteiger partial charge in [0.25, 0.3) is 0 Å². The molecule has 2 rings (SSSR count). The van der Waals surface area contributed by atoms with E-state index in [9.17, 15) is 9.59 Å². The molecular formula is C27H40N2O4. The number of nitrogens with one attached hydrogen (secondary N) is 1. The molecule has 0 bridgehead atoms. The highest BCUT2D eigenvalue weighted by Crippen LogP contribution is 2.22. The topological polar surface area (TPSA) is 81.4 Å². The third-order valence-corrected chi connectivity index (χ3v) is 5.50. The molecule has 2 aromatic rings. The molecule has 0 saturated carbocycles. The molecule has 33 heavy (non-hydrogen) atoms. The van der Waals surface area contributed by atoms with E-state index >= 15 is 0 Å². The average Bonchev–Trinajstić information content (AvgIpc) is 3.18. The predicted molar refractivity (Wildman–Crippen MR) is 131 cm³/mol. The van der Waals surface area contributed by atoms with Crippen LogP contribution in [0, 0.1) is 18.8 Å². The molecule has 1 heterocycles. The van der Waals surface area contributed by atoms with Gasteiger partial charge in [0, 0.05) is 30.5 Å². The lowest BCUT2D eigenvalue weighted by molar-refractivity contribution is -0.157. The van der Waals surface area contributed by atoms with E-state index in [-0.39, 0.29) is 24.2 Å². The molecular weight excluding hydrogens is 416 g/mol. The number of hydrogen-bond acceptors (Lipinski definition) is 5. The van der Waals surface area contributed by atoms with Gasteiger partial charge < -0.3 is 14.6 Å². The molecule has 0 saturated heterocycles. The molecule has 1 N–H and O–H groups in total. The van der Waals surface area contributed by atoms with Gasteiger partial charge in [-0.1, -0.05) is 61.7 Å². The fourth-order valence-electron chi connectivity index (χ4n) is 3.66.